The molecular weight excluding hydrogens is 340 g/mol. The van der Waals surface area contributed by atoms with Gasteiger partial charge in [-0.05, 0) is 36.0 Å². The van der Waals surface area contributed by atoms with E-state index < -0.39 is 16.1 Å². The quantitative estimate of drug-likeness (QED) is 0.834. The first-order valence-corrected chi connectivity index (χ1v) is 10.4. The number of hydrogen-bond donors (Lipinski definition) is 1. The van der Waals surface area contributed by atoms with Gasteiger partial charge in [0.25, 0.3) is 0 Å². The molecule has 1 aliphatic heterocycles. The van der Waals surface area contributed by atoms with Gasteiger partial charge in [0.05, 0.1) is 18.5 Å². The van der Waals surface area contributed by atoms with E-state index in [2.05, 4.69) is 26.1 Å². The van der Waals surface area contributed by atoms with Crippen molar-refractivity contribution in [1.82, 2.24) is 5.32 Å². The summed E-state index contributed by atoms with van der Waals surface area (Å²) < 4.78 is 30.9. The van der Waals surface area contributed by atoms with Gasteiger partial charge in [0.1, 0.15) is 6.10 Å². The van der Waals surface area contributed by atoms with Crippen molar-refractivity contribution in [2.45, 2.75) is 45.1 Å². The first-order valence-electron chi connectivity index (χ1n) is 8.56. The van der Waals surface area contributed by atoms with Gasteiger partial charge in [0.15, 0.2) is 0 Å². The van der Waals surface area contributed by atoms with Crippen LogP contribution in [-0.2, 0) is 25.0 Å². The number of anilines is 1. The lowest BCUT2D eigenvalue weighted by atomic mass is 9.87. The van der Waals surface area contributed by atoms with Crippen LogP contribution in [0.2, 0.25) is 0 Å². The highest BCUT2D eigenvalue weighted by Crippen LogP contribution is 2.25. The predicted octanol–water partition coefficient (Wildman–Crippen LogP) is 2.05. The van der Waals surface area contributed by atoms with Gasteiger partial charge in [0.2, 0.25) is 15.9 Å². The molecule has 1 aromatic rings. The summed E-state index contributed by atoms with van der Waals surface area (Å²) in [5.41, 5.74) is 1.74. The Balaban J connectivity index is 2.03. The summed E-state index contributed by atoms with van der Waals surface area (Å²) in [4.78, 5) is 12.0. The highest BCUT2D eigenvalue weighted by Gasteiger charge is 2.24. The topological polar surface area (TPSA) is 75.7 Å². The SMILES string of the molecule is CC(C)(C)c1ccc(N(CCNC(=O)C2CCCO2)S(C)(=O)=O)cc1. The van der Waals surface area contributed by atoms with Crippen LogP contribution >= 0.6 is 0 Å². The largest absolute Gasteiger partial charge is 0.368 e. The fraction of sp³-hybridized carbons (Fsp3) is 0.611. The average Bonchev–Trinajstić information content (AvgIpc) is 3.04. The van der Waals surface area contributed by atoms with Crippen LogP contribution in [0.15, 0.2) is 24.3 Å². The number of benzene rings is 1. The number of hydrogen-bond acceptors (Lipinski definition) is 4. The van der Waals surface area contributed by atoms with Crippen molar-refractivity contribution in [2.75, 3.05) is 30.3 Å². The molecule has 1 aromatic carbocycles. The Morgan fingerprint density at radius 2 is 1.92 bits per heavy atom. The summed E-state index contributed by atoms with van der Waals surface area (Å²) in [6.45, 7) is 7.36. The van der Waals surface area contributed by atoms with E-state index in [0.29, 0.717) is 12.3 Å². The number of nitrogens with one attached hydrogen (secondary N) is 1. The van der Waals surface area contributed by atoms with Gasteiger partial charge in [-0.25, -0.2) is 8.42 Å². The number of carbonyl (C=O) groups excluding carboxylic acids is 1. The highest BCUT2D eigenvalue weighted by molar-refractivity contribution is 7.92. The smallest absolute Gasteiger partial charge is 0.249 e. The zero-order valence-corrected chi connectivity index (χ0v) is 16.2. The van der Waals surface area contributed by atoms with Crippen molar-refractivity contribution >= 4 is 21.6 Å². The fourth-order valence-electron chi connectivity index (χ4n) is 2.79. The molecule has 0 aromatic heterocycles. The van der Waals surface area contributed by atoms with Gasteiger partial charge in [-0.15, -0.1) is 0 Å². The van der Waals surface area contributed by atoms with Crippen molar-refractivity contribution in [2.24, 2.45) is 0 Å². The molecule has 0 radical (unpaired) electrons. The van der Waals surface area contributed by atoms with Crippen LogP contribution in [0.4, 0.5) is 5.69 Å². The predicted molar refractivity (Wildman–Crippen MR) is 99.3 cm³/mol. The minimum Gasteiger partial charge on any atom is -0.368 e. The second kappa shape index (κ2) is 7.74. The number of nitrogens with zero attached hydrogens (tertiary/aromatic N) is 1. The van der Waals surface area contributed by atoms with Crippen molar-refractivity contribution in [3.8, 4) is 0 Å². The number of sulfonamides is 1. The molecule has 1 saturated heterocycles. The van der Waals surface area contributed by atoms with Crippen LogP contribution in [0.1, 0.15) is 39.2 Å². The Morgan fingerprint density at radius 3 is 2.40 bits per heavy atom. The number of ether oxygens (including phenoxy) is 1. The van der Waals surface area contributed by atoms with Gasteiger partial charge in [-0.1, -0.05) is 32.9 Å². The fourth-order valence-corrected chi connectivity index (χ4v) is 3.72. The van der Waals surface area contributed by atoms with Crippen LogP contribution in [0.5, 0.6) is 0 Å². The molecule has 0 aliphatic carbocycles. The normalized spacial score (nSPS) is 18.2. The maximum atomic E-state index is 12.1. The number of amides is 1. The van der Waals surface area contributed by atoms with E-state index in [1.165, 1.54) is 10.6 Å². The molecule has 1 N–H and O–H groups in total. The molecule has 1 amide bonds. The monoisotopic (exact) mass is 368 g/mol. The second-order valence-electron chi connectivity index (χ2n) is 7.42. The molecule has 6 nitrogen and oxygen atoms in total. The summed E-state index contributed by atoms with van der Waals surface area (Å²) in [7, 11) is -3.43. The first kappa shape index (κ1) is 19.7. The van der Waals surface area contributed by atoms with Crippen LogP contribution in [-0.4, -0.2) is 46.4 Å². The molecule has 1 fully saturated rings. The van der Waals surface area contributed by atoms with Crippen LogP contribution in [0.25, 0.3) is 0 Å². The van der Waals surface area contributed by atoms with Crippen molar-refractivity contribution in [3.05, 3.63) is 29.8 Å². The van der Waals surface area contributed by atoms with E-state index in [0.717, 1.165) is 18.4 Å². The summed E-state index contributed by atoms with van der Waals surface area (Å²) in [6, 6.07) is 7.50. The Kier molecular flexibility index (Phi) is 6.11. The van der Waals surface area contributed by atoms with Gasteiger partial charge in [-0.3, -0.25) is 9.10 Å². The molecule has 7 heteroatoms. The molecule has 1 unspecified atom stereocenters. The summed E-state index contributed by atoms with van der Waals surface area (Å²) in [5.74, 6) is -0.172. The Labute approximate surface area is 150 Å². The van der Waals surface area contributed by atoms with Crippen LogP contribution in [0, 0.1) is 0 Å². The Bertz CT molecular complexity index is 687. The first-order chi connectivity index (χ1) is 11.6. The molecule has 1 heterocycles. The zero-order chi connectivity index (χ0) is 18.7. The van der Waals surface area contributed by atoms with Crippen molar-refractivity contribution in [3.63, 3.8) is 0 Å². The third-order valence-corrected chi connectivity index (χ3v) is 5.45. The average molecular weight is 368 g/mol. The zero-order valence-electron chi connectivity index (χ0n) is 15.4. The van der Waals surface area contributed by atoms with Crippen LogP contribution in [0.3, 0.4) is 0 Å². The molecule has 25 heavy (non-hydrogen) atoms. The minimum atomic E-state index is -3.43. The third kappa shape index (κ3) is 5.44. The summed E-state index contributed by atoms with van der Waals surface area (Å²) >= 11 is 0. The molecule has 2 rings (SSSR count). The minimum absolute atomic E-state index is 0.00368. The van der Waals surface area contributed by atoms with Gasteiger partial charge >= 0.3 is 0 Å². The van der Waals surface area contributed by atoms with Gasteiger partial charge in [0, 0.05) is 13.2 Å². The molecule has 1 atom stereocenters. The van der Waals surface area contributed by atoms with Crippen molar-refractivity contribution in [1.29, 1.82) is 0 Å². The summed E-state index contributed by atoms with van der Waals surface area (Å²) in [6.07, 6.45) is 2.37. The van der Waals surface area contributed by atoms with E-state index in [9.17, 15) is 13.2 Å². The van der Waals surface area contributed by atoms with E-state index in [1.54, 1.807) is 0 Å². The lowest BCUT2D eigenvalue weighted by Crippen LogP contribution is -2.41. The highest BCUT2D eigenvalue weighted by atomic mass is 32.2. The lowest BCUT2D eigenvalue weighted by Gasteiger charge is -2.25. The number of carbonyl (C=O) groups is 1. The Hall–Kier alpha value is -1.60. The molecule has 0 saturated carbocycles. The third-order valence-electron chi connectivity index (χ3n) is 4.26. The lowest BCUT2D eigenvalue weighted by molar-refractivity contribution is -0.129. The Morgan fingerprint density at radius 1 is 1.28 bits per heavy atom. The maximum absolute atomic E-state index is 12.1. The maximum Gasteiger partial charge on any atom is 0.249 e. The van der Waals surface area contributed by atoms with E-state index in [4.69, 9.17) is 4.74 Å². The number of rotatable bonds is 6. The molecule has 140 valence electrons. The van der Waals surface area contributed by atoms with Crippen LogP contribution < -0.4 is 9.62 Å². The van der Waals surface area contributed by atoms with E-state index in [1.807, 2.05) is 24.3 Å². The molecule has 1 aliphatic rings. The van der Waals surface area contributed by atoms with E-state index >= 15 is 0 Å². The molecule has 0 spiro atoms. The molecular formula is C18H28N2O4S. The molecule has 0 bridgehead atoms. The van der Waals surface area contributed by atoms with Crippen molar-refractivity contribution < 1.29 is 17.9 Å². The van der Waals surface area contributed by atoms with E-state index in [-0.39, 0.29) is 24.4 Å². The standard InChI is InChI=1S/C18H28N2O4S/c1-18(2,3)14-7-9-15(10-8-14)20(25(4,22)23)12-11-19-17(21)16-6-5-13-24-16/h7-10,16H,5-6,11-13H2,1-4H3,(H,19,21). The van der Waals surface area contributed by atoms with Gasteiger partial charge in [-0.2, -0.15) is 0 Å². The van der Waals surface area contributed by atoms with Gasteiger partial charge < -0.3 is 10.1 Å². The second-order valence-corrected chi connectivity index (χ2v) is 9.33. The summed E-state index contributed by atoms with van der Waals surface area (Å²) in [5, 5.41) is 2.76.